The van der Waals surface area contributed by atoms with E-state index in [-0.39, 0.29) is 12.1 Å². The van der Waals surface area contributed by atoms with Gasteiger partial charge in [-0.2, -0.15) is 5.10 Å². The molecule has 12 heteroatoms. The van der Waals surface area contributed by atoms with Crippen LogP contribution >= 0.6 is 0 Å². The molecule has 3 aromatic heterocycles. The summed E-state index contributed by atoms with van der Waals surface area (Å²) in [6, 6.07) is 3.15. The predicted octanol–water partition coefficient (Wildman–Crippen LogP) is 2.35. The molecule has 0 unspecified atom stereocenters. The maximum Gasteiger partial charge on any atom is 0.318 e. The molecule has 1 aliphatic heterocycles. The van der Waals surface area contributed by atoms with Gasteiger partial charge in [-0.1, -0.05) is 5.10 Å². The molecule has 0 saturated carbocycles. The molecular formula is C21H19F2N9O. The Morgan fingerprint density at radius 1 is 1.00 bits per heavy atom. The molecule has 4 heterocycles. The molecule has 0 amide bonds. The largest absolute Gasteiger partial charge is 0.403 e. The molecule has 0 spiro atoms. The fourth-order valence-corrected chi connectivity index (χ4v) is 4.19. The van der Waals surface area contributed by atoms with Crippen LogP contribution in [0.25, 0.3) is 11.5 Å². The lowest BCUT2D eigenvalue weighted by atomic mass is 10.1. The van der Waals surface area contributed by atoms with Crippen LogP contribution in [0.2, 0.25) is 0 Å². The molecule has 1 fully saturated rings. The lowest BCUT2D eigenvalue weighted by Crippen LogP contribution is -2.48. The summed E-state index contributed by atoms with van der Waals surface area (Å²) in [5.74, 6) is -0.152. The van der Waals surface area contributed by atoms with Crippen molar-refractivity contribution in [3.63, 3.8) is 0 Å². The van der Waals surface area contributed by atoms with Gasteiger partial charge >= 0.3 is 6.01 Å². The van der Waals surface area contributed by atoms with Gasteiger partial charge in [-0.05, 0) is 43.0 Å². The molecular weight excluding hydrogens is 432 g/mol. The lowest BCUT2D eigenvalue weighted by Gasteiger charge is -2.37. The number of rotatable bonds is 5. The zero-order chi connectivity index (χ0) is 22.5. The summed E-state index contributed by atoms with van der Waals surface area (Å²) in [7, 11) is 0. The number of benzene rings is 1. The van der Waals surface area contributed by atoms with Crippen LogP contribution in [0, 0.1) is 18.6 Å². The van der Waals surface area contributed by atoms with Crippen LogP contribution in [-0.2, 0) is 12.8 Å². The van der Waals surface area contributed by atoms with Crippen LogP contribution in [0.5, 0.6) is 0 Å². The summed E-state index contributed by atoms with van der Waals surface area (Å²) in [6.45, 7) is 3.28. The number of fused-ring (bicyclic) bond motifs is 1. The average Bonchev–Trinajstić information content (AvgIpc) is 3.49. The third-order valence-corrected chi connectivity index (χ3v) is 5.95. The normalized spacial score (nSPS) is 16.2. The Hall–Kier alpha value is -3.96. The van der Waals surface area contributed by atoms with E-state index in [1.54, 1.807) is 18.7 Å². The minimum Gasteiger partial charge on any atom is -0.403 e. The monoisotopic (exact) mass is 451 g/mol. The number of hydrogen-bond donors (Lipinski definition) is 1. The first-order valence-electron chi connectivity index (χ1n) is 10.5. The quantitative estimate of drug-likeness (QED) is 0.489. The van der Waals surface area contributed by atoms with E-state index in [2.05, 4.69) is 35.6 Å². The van der Waals surface area contributed by atoms with Crippen molar-refractivity contribution in [3.05, 3.63) is 59.4 Å². The van der Waals surface area contributed by atoms with Gasteiger partial charge in [0, 0.05) is 31.5 Å². The first-order valence-corrected chi connectivity index (χ1v) is 10.5. The third kappa shape index (κ3) is 3.66. The maximum absolute atomic E-state index is 13.5. The Bertz CT molecular complexity index is 1280. The molecule has 1 saturated heterocycles. The zero-order valence-corrected chi connectivity index (χ0v) is 17.6. The Morgan fingerprint density at radius 2 is 1.70 bits per heavy atom. The van der Waals surface area contributed by atoms with Crippen molar-refractivity contribution < 1.29 is 13.2 Å². The second-order valence-corrected chi connectivity index (χ2v) is 8.30. The van der Waals surface area contributed by atoms with Crippen LogP contribution in [0.4, 0.5) is 20.7 Å². The van der Waals surface area contributed by atoms with Crippen LogP contribution in [0.15, 0.2) is 35.3 Å². The lowest BCUT2D eigenvalue weighted by molar-refractivity contribution is 0.344. The van der Waals surface area contributed by atoms with Gasteiger partial charge in [0.1, 0.15) is 12.2 Å². The minimum atomic E-state index is -0.823. The highest BCUT2D eigenvalue weighted by molar-refractivity contribution is 5.52. The van der Waals surface area contributed by atoms with Gasteiger partial charge < -0.3 is 14.6 Å². The standard InChI is InChI=1S/C21H19F2N9O/c1-11-26-10-32(30-11)16-8-31(9-16)21-29-28-19(33-21)14-6-24-20(25-7-14)27-15-2-12-4-17(22)18(23)5-13(12)3-15/h4-7,10,15-16H,2-3,8-9H2,1H3,(H,24,25,27). The number of nitrogens with one attached hydrogen (secondary N) is 1. The molecule has 10 nitrogen and oxygen atoms in total. The van der Waals surface area contributed by atoms with Crippen molar-refractivity contribution in [2.45, 2.75) is 31.8 Å². The fourth-order valence-electron chi connectivity index (χ4n) is 4.19. The van der Waals surface area contributed by atoms with Gasteiger partial charge in [-0.25, -0.2) is 28.4 Å². The van der Waals surface area contributed by atoms with Gasteiger partial charge in [0.25, 0.3) is 5.89 Å². The molecule has 4 aromatic rings. The average molecular weight is 451 g/mol. The minimum absolute atomic E-state index is 0.0322. The summed E-state index contributed by atoms with van der Waals surface area (Å²) in [5, 5.41) is 15.8. The highest BCUT2D eigenvalue weighted by Gasteiger charge is 2.33. The van der Waals surface area contributed by atoms with Crippen molar-refractivity contribution >= 4 is 12.0 Å². The van der Waals surface area contributed by atoms with Crippen LogP contribution in [0.3, 0.4) is 0 Å². The molecule has 0 radical (unpaired) electrons. The summed E-state index contributed by atoms with van der Waals surface area (Å²) in [5.41, 5.74) is 2.20. The Kier molecular flexibility index (Phi) is 4.52. The molecule has 0 bridgehead atoms. The third-order valence-electron chi connectivity index (χ3n) is 5.95. The Morgan fingerprint density at radius 3 is 2.33 bits per heavy atom. The predicted molar refractivity (Wildman–Crippen MR) is 113 cm³/mol. The fraction of sp³-hybridized carbons (Fsp3) is 0.333. The van der Waals surface area contributed by atoms with Gasteiger partial charge in [0.05, 0.1) is 11.6 Å². The van der Waals surface area contributed by atoms with Crippen molar-refractivity contribution in [2.75, 3.05) is 23.3 Å². The van der Waals surface area contributed by atoms with E-state index in [1.807, 2.05) is 16.5 Å². The van der Waals surface area contributed by atoms with Crippen LogP contribution in [-0.4, -0.2) is 54.1 Å². The van der Waals surface area contributed by atoms with Gasteiger partial charge in [0.2, 0.25) is 5.95 Å². The molecule has 2 aliphatic rings. The summed E-state index contributed by atoms with van der Waals surface area (Å²) in [4.78, 5) is 14.8. The van der Waals surface area contributed by atoms with Gasteiger partial charge in [0.15, 0.2) is 11.6 Å². The first kappa shape index (κ1) is 19.7. The van der Waals surface area contributed by atoms with E-state index >= 15 is 0 Å². The summed E-state index contributed by atoms with van der Waals surface area (Å²) < 4.78 is 34.6. The number of aryl methyl sites for hydroxylation is 1. The molecule has 1 aromatic carbocycles. The van der Waals surface area contributed by atoms with Crippen molar-refractivity contribution in [1.29, 1.82) is 0 Å². The molecule has 33 heavy (non-hydrogen) atoms. The number of hydrogen-bond acceptors (Lipinski definition) is 9. The van der Waals surface area contributed by atoms with E-state index in [1.165, 1.54) is 12.1 Å². The van der Waals surface area contributed by atoms with E-state index in [0.717, 1.165) is 17.0 Å². The van der Waals surface area contributed by atoms with Gasteiger partial charge in [-0.15, -0.1) is 5.10 Å². The second kappa shape index (κ2) is 7.57. The highest BCUT2D eigenvalue weighted by Crippen LogP contribution is 2.29. The van der Waals surface area contributed by atoms with Crippen LogP contribution in [0.1, 0.15) is 23.0 Å². The van der Waals surface area contributed by atoms with E-state index in [4.69, 9.17) is 4.42 Å². The van der Waals surface area contributed by atoms with Gasteiger partial charge in [-0.3, -0.25) is 0 Å². The molecule has 0 atom stereocenters. The topological polar surface area (TPSA) is 111 Å². The number of aromatic nitrogens is 7. The van der Waals surface area contributed by atoms with Crippen LogP contribution < -0.4 is 10.2 Å². The Labute approximate surface area is 186 Å². The summed E-state index contributed by atoms with van der Waals surface area (Å²) >= 11 is 0. The molecule has 168 valence electrons. The van der Waals surface area contributed by atoms with Crippen molar-refractivity contribution in [3.8, 4) is 11.5 Å². The SMILES string of the molecule is Cc1ncn(C2CN(c3nnc(-c4cnc(NC5Cc6cc(F)c(F)cc6C5)nc4)o3)C2)n1. The molecule has 1 aliphatic carbocycles. The smallest absolute Gasteiger partial charge is 0.318 e. The summed E-state index contributed by atoms with van der Waals surface area (Å²) in [6.07, 6.45) is 6.09. The molecule has 6 rings (SSSR count). The first-order chi connectivity index (χ1) is 16.0. The maximum atomic E-state index is 13.5. The zero-order valence-electron chi connectivity index (χ0n) is 17.6. The second-order valence-electron chi connectivity index (χ2n) is 8.30. The molecule has 1 N–H and O–H groups in total. The van der Waals surface area contributed by atoms with E-state index in [0.29, 0.717) is 49.3 Å². The van der Waals surface area contributed by atoms with Crippen molar-refractivity contribution in [1.82, 2.24) is 34.9 Å². The Balaban J connectivity index is 1.08. The number of halogens is 2. The number of nitrogens with zero attached hydrogens (tertiary/aromatic N) is 8. The number of anilines is 2. The highest BCUT2D eigenvalue weighted by atomic mass is 19.2. The van der Waals surface area contributed by atoms with Crippen molar-refractivity contribution in [2.24, 2.45) is 0 Å². The van der Waals surface area contributed by atoms with E-state index < -0.39 is 11.6 Å². The van der Waals surface area contributed by atoms with E-state index in [9.17, 15) is 8.78 Å².